The van der Waals surface area contributed by atoms with E-state index in [2.05, 4.69) is 5.32 Å². The molecule has 92 valence electrons. The molecule has 0 aromatic heterocycles. The fourth-order valence-electron chi connectivity index (χ4n) is 2.96. The van der Waals surface area contributed by atoms with E-state index in [0.29, 0.717) is 5.92 Å². The van der Waals surface area contributed by atoms with Crippen molar-refractivity contribution in [3.05, 3.63) is 0 Å². The topological polar surface area (TPSA) is 29.1 Å². The number of carbonyl (C=O) groups excluding carboxylic acids is 1. The van der Waals surface area contributed by atoms with Crippen LogP contribution >= 0.6 is 11.6 Å². The van der Waals surface area contributed by atoms with E-state index in [1.165, 1.54) is 32.1 Å². The summed E-state index contributed by atoms with van der Waals surface area (Å²) in [5, 5.41) is 3.38. The van der Waals surface area contributed by atoms with Gasteiger partial charge in [-0.1, -0.05) is 25.7 Å². The Labute approximate surface area is 103 Å². The van der Waals surface area contributed by atoms with Crippen molar-refractivity contribution in [1.82, 2.24) is 5.32 Å². The van der Waals surface area contributed by atoms with Crippen LogP contribution in [0.2, 0.25) is 0 Å². The van der Waals surface area contributed by atoms with Crippen LogP contribution in [0.4, 0.5) is 0 Å². The van der Waals surface area contributed by atoms with Gasteiger partial charge < -0.3 is 5.32 Å². The smallest absolute Gasteiger partial charge is 0.223 e. The summed E-state index contributed by atoms with van der Waals surface area (Å²) in [6.07, 6.45) is 9.43. The molecule has 0 spiro atoms. The third kappa shape index (κ3) is 3.13. The molecule has 0 bridgehead atoms. The summed E-state index contributed by atoms with van der Waals surface area (Å²) in [6.45, 7) is 0.795. The molecule has 0 saturated heterocycles. The molecule has 0 aliphatic heterocycles. The Hall–Kier alpha value is -0.240. The first-order valence-corrected chi connectivity index (χ1v) is 7.13. The van der Waals surface area contributed by atoms with Crippen molar-refractivity contribution in [1.29, 1.82) is 0 Å². The molecule has 2 aliphatic carbocycles. The number of nitrogens with one attached hydrogen (secondary N) is 1. The lowest BCUT2D eigenvalue weighted by Crippen LogP contribution is -2.37. The highest BCUT2D eigenvalue weighted by molar-refractivity contribution is 6.20. The van der Waals surface area contributed by atoms with Crippen LogP contribution < -0.4 is 5.32 Å². The zero-order valence-corrected chi connectivity index (χ0v) is 10.6. The Morgan fingerprint density at radius 3 is 2.38 bits per heavy atom. The molecule has 0 aromatic rings. The lowest BCUT2D eigenvalue weighted by atomic mass is 9.88. The maximum absolute atomic E-state index is 11.8. The van der Waals surface area contributed by atoms with Crippen LogP contribution in [-0.4, -0.2) is 17.8 Å². The van der Waals surface area contributed by atoms with E-state index < -0.39 is 0 Å². The normalized spacial score (nSPS) is 31.6. The predicted octanol–water partition coefficient (Wildman–Crippen LogP) is 3.09. The molecule has 2 unspecified atom stereocenters. The van der Waals surface area contributed by atoms with Gasteiger partial charge in [0.1, 0.15) is 0 Å². The van der Waals surface area contributed by atoms with Crippen molar-refractivity contribution in [2.24, 2.45) is 11.8 Å². The first kappa shape index (κ1) is 12.2. The molecule has 0 aromatic carbocycles. The summed E-state index contributed by atoms with van der Waals surface area (Å²) in [7, 11) is 0. The Morgan fingerprint density at radius 2 is 1.69 bits per heavy atom. The largest absolute Gasteiger partial charge is 0.356 e. The van der Waals surface area contributed by atoms with Gasteiger partial charge in [-0.3, -0.25) is 4.79 Å². The molecule has 0 radical (unpaired) electrons. The van der Waals surface area contributed by atoms with Crippen molar-refractivity contribution in [3.63, 3.8) is 0 Å². The highest BCUT2D eigenvalue weighted by atomic mass is 35.5. The molecule has 3 heteroatoms. The van der Waals surface area contributed by atoms with E-state index in [-0.39, 0.29) is 17.2 Å². The van der Waals surface area contributed by atoms with Gasteiger partial charge in [0.25, 0.3) is 0 Å². The number of rotatable bonds is 3. The van der Waals surface area contributed by atoms with Crippen LogP contribution in [0.15, 0.2) is 0 Å². The van der Waals surface area contributed by atoms with Gasteiger partial charge in [0.15, 0.2) is 0 Å². The zero-order valence-electron chi connectivity index (χ0n) is 9.88. The monoisotopic (exact) mass is 243 g/mol. The van der Waals surface area contributed by atoms with E-state index in [9.17, 15) is 4.79 Å². The van der Waals surface area contributed by atoms with E-state index >= 15 is 0 Å². The van der Waals surface area contributed by atoms with Crippen molar-refractivity contribution in [2.45, 2.75) is 56.7 Å². The minimum Gasteiger partial charge on any atom is -0.356 e. The van der Waals surface area contributed by atoms with Crippen LogP contribution in [-0.2, 0) is 4.79 Å². The Morgan fingerprint density at radius 1 is 1.06 bits per heavy atom. The Bertz CT molecular complexity index is 238. The van der Waals surface area contributed by atoms with Crippen molar-refractivity contribution < 1.29 is 4.79 Å². The molecule has 2 nitrogen and oxygen atoms in total. The Balaban J connectivity index is 1.71. The molecule has 2 fully saturated rings. The predicted molar refractivity (Wildman–Crippen MR) is 66.6 cm³/mol. The summed E-state index contributed by atoms with van der Waals surface area (Å²) in [5.74, 6) is 1.06. The first-order chi connectivity index (χ1) is 7.77. The number of halogens is 1. The minimum absolute atomic E-state index is 0.270. The number of carbonyl (C=O) groups is 1. The average molecular weight is 244 g/mol. The van der Waals surface area contributed by atoms with Crippen LogP contribution in [0.1, 0.15) is 51.4 Å². The lowest BCUT2D eigenvalue weighted by molar-refractivity contribution is -0.125. The molecule has 16 heavy (non-hydrogen) atoms. The van der Waals surface area contributed by atoms with Crippen LogP contribution in [0.5, 0.6) is 0 Å². The fourth-order valence-corrected chi connectivity index (χ4v) is 3.33. The lowest BCUT2D eigenvalue weighted by Gasteiger charge is -2.27. The molecule has 2 aliphatic rings. The van der Waals surface area contributed by atoms with E-state index in [0.717, 1.165) is 25.8 Å². The molecular formula is C13H22ClNO. The van der Waals surface area contributed by atoms with E-state index in [4.69, 9.17) is 11.6 Å². The summed E-state index contributed by atoms with van der Waals surface area (Å²) >= 11 is 6.27. The number of hydrogen-bond donors (Lipinski definition) is 1. The fraction of sp³-hybridized carbons (Fsp3) is 0.923. The molecule has 2 saturated carbocycles. The van der Waals surface area contributed by atoms with Gasteiger partial charge in [0.05, 0.1) is 0 Å². The summed E-state index contributed by atoms with van der Waals surface area (Å²) < 4.78 is 0. The van der Waals surface area contributed by atoms with Crippen molar-refractivity contribution in [2.75, 3.05) is 6.54 Å². The van der Waals surface area contributed by atoms with Gasteiger partial charge >= 0.3 is 0 Å². The van der Waals surface area contributed by atoms with Gasteiger partial charge in [-0.05, 0) is 31.6 Å². The van der Waals surface area contributed by atoms with Crippen molar-refractivity contribution in [3.8, 4) is 0 Å². The maximum Gasteiger partial charge on any atom is 0.223 e. The quantitative estimate of drug-likeness (QED) is 0.759. The molecule has 2 rings (SSSR count). The Kier molecular flexibility index (Phi) is 4.51. The number of alkyl halides is 1. The second-order valence-corrected chi connectivity index (χ2v) is 5.85. The second-order valence-electron chi connectivity index (χ2n) is 5.29. The molecule has 0 heterocycles. The standard InChI is InChI=1S/C13H22ClNO/c14-12-8-4-3-7-11(12)9-15-13(16)10-5-1-2-6-10/h10-12H,1-9H2,(H,15,16). The number of amides is 1. The molecule has 1 N–H and O–H groups in total. The number of hydrogen-bond acceptors (Lipinski definition) is 1. The van der Waals surface area contributed by atoms with E-state index in [1.54, 1.807) is 0 Å². The van der Waals surface area contributed by atoms with E-state index in [1.807, 2.05) is 0 Å². The minimum atomic E-state index is 0.270. The maximum atomic E-state index is 11.8. The highest BCUT2D eigenvalue weighted by Gasteiger charge is 2.26. The molecule has 2 atom stereocenters. The summed E-state index contributed by atoms with van der Waals surface area (Å²) in [4.78, 5) is 11.8. The molecule has 1 amide bonds. The summed E-state index contributed by atoms with van der Waals surface area (Å²) in [6, 6.07) is 0. The van der Waals surface area contributed by atoms with Crippen molar-refractivity contribution >= 4 is 17.5 Å². The zero-order chi connectivity index (χ0) is 11.4. The first-order valence-electron chi connectivity index (χ1n) is 6.69. The van der Waals surface area contributed by atoms with Gasteiger partial charge in [-0.15, -0.1) is 11.6 Å². The highest BCUT2D eigenvalue weighted by Crippen LogP contribution is 2.29. The van der Waals surface area contributed by atoms with Gasteiger partial charge in [0.2, 0.25) is 5.91 Å². The third-order valence-corrected chi connectivity index (χ3v) is 4.66. The van der Waals surface area contributed by atoms with Gasteiger partial charge in [-0.2, -0.15) is 0 Å². The van der Waals surface area contributed by atoms with Gasteiger partial charge in [0, 0.05) is 17.8 Å². The van der Waals surface area contributed by atoms with Gasteiger partial charge in [-0.25, -0.2) is 0 Å². The second kappa shape index (κ2) is 5.90. The SMILES string of the molecule is O=C(NCC1CCCCC1Cl)C1CCCC1. The summed E-state index contributed by atoms with van der Waals surface area (Å²) in [5.41, 5.74) is 0. The third-order valence-electron chi connectivity index (χ3n) is 4.08. The van der Waals surface area contributed by atoms with Crippen LogP contribution in [0.3, 0.4) is 0 Å². The van der Waals surface area contributed by atoms with Crippen LogP contribution in [0.25, 0.3) is 0 Å². The molecular weight excluding hydrogens is 222 g/mol. The average Bonchev–Trinajstić information content (AvgIpc) is 2.81. The van der Waals surface area contributed by atoms with Crippen LogP contribution in [0, 0.1) is 11.8 Å².